The van der Waals surface area contributed by atoms with Gasteiger partial charge in [0.15, 0.2) is 6.10 Å². The lowest BCUT2D eigenvalue weighted by Crippen LogP contribution is -2.41. The average Bonchev–Trinajstić information content (AvgIpc) is 3.64. The minimum Gasteiger partial charge on any atom is -0.387 e. The first-order chi connectivity index (χ1) is 19.3. The van der Waals surface area contributed by atoms with Gasteiger partial charge < -0.3 is 14.3 Å². The van der Waals surface area contributed by atoms with Crippen LogP contribution in [0.3, 0.4) is 0 Å². The zero-order valence-corrected chi connectivity index (χ0v) is 22.1. The van der Waals surface area contributed by atoms with E-state index in [1.165, 1.54) is 6.20 Å². The second kappa shape index (κ2) is 10.5. The molecule has 40 heavy (non-hydrogen) atoms. The van der Waals surface area contributed by atoms with Crippen molar-refractivity contribution in [1.29, 1.82) is 0 Å². The maximum Gasteiger partial charge on any atom is 0.421 e. The van der Waals surface area contributed by atoms with Crippen LogP contribution in [0.2, 0.25) is 0 Å². The number of oxime groups is 1. The largest absolute Gasteiger partial charge is 0.421 e. The van der Waals surface area contributed by atoms with Crippen molar-refractivity contribution in [3.63, 3.8) is 0 Å². The van der Waals surface area contributed by atoms with E-state index in [0.717, 1.165) is 48.6 Å². The lowest BCUT2D eigenvalue weighted by Gasteiger charge is -2.31. The molecular weight excluding hydrogens is 541 g/mol. The molecule has 0 saturated carbocycles. The van der Waals surface area contributed by atoms with Crippen molar-refractivity contribution in [3.05, 3.63) is 98.4 Å². The van der Waals surface area contributed by atoms with E-state index in [4.69, 9.17) is 4.84 Å². The Morgan fingerprint density at radius 3 is 2.62 bits per heavy atom. The van der Waals surface area contributed by atoms with Gasteiger partial charge in [-0.1, -0.05) is 47.6 Å². The number of amides is 1. The third-order valence-electron chi connectivity index (χ3n) is 7.48. The van der Waals surface area contributed by atoms with Crippen molar-refractivity contribution in [3.8, 4) is 0 Å². The molecule has 0 bridgehead atoms. The molecule has 0 spiro atoms. The summed E-state index contributed by atoms with van der Waals surface area (Å²) in [6.45, 7) is 0.463. The Labute approximate surface area is 231 Å². The molecule has 7 nitrogen and oxygen atoms in total. The number of piperidine rings is 1. The van der Waals surface area contributed by atoms with Crippen LogP contribution in [-0.4, -0.2) is 39.2 Å². The molecule has 11 heteroatoms. The summed E-state index contributed by atoms with van der Waals surface area (Å²) in [7, 11) is 0. The molecule has 1 amide bonds. The van der Waals surface area contributed by atoms with Crippen molar-refractivity contribution in [1.82, 2.24) is 14.5 Å². The van der Waals surface area contributed by atoms with E-state index >= 15 is 0 Å². The van der Waals surface area contributed by atoms with Crippen LogP contribution < -0.4 is 5.56 Å². The Bertz CT molecular complexity index is 1650. The number of pyridine rings is 1. The minimum absolute atomic E-state index is 0.162. The number of fused-ring (bicyclic) bond motifs is 1. The van der Waals surface area contributed by atoms with Crippen LogP contribution in [0.25, 0.3) is 10.8 Å². The van der Waals surface area contributed by atoms with Gasteiger partial charge in [-0.25, -0.2) is 4.98 Å². The predicted octanol–water partition coefficient (Wildman–Crippen LogP) is 5.75. The molecule has 2 aliphatic heterocycles. The monoisotopic (exact) mass is 566 g/mol. The summed E-state index contributed by atoms with van der Waals surface area (Å²) < 4.78 is 40.0. The van der Waals surface area contributed by atoms with Gasteiger partial charge in [0, 0.05) is 43.4 Å². The molecule has 2 aliphatic rings. The van der Waals surface area contributed by atoms with Crippen LogP contribution in [0.4, 0.5) is 13.2 Å². The predicted molar refractivity (Wildman–Crippen MR) is 145 cm³/mol. The Morgan fingerprint density at radius 1 is 1.05 bits per heavy atom. The Balaban J connectivity index is 1.06. The van der Waals surface area contributed by atoms with Crippen LogP contribution in [-0.2, 0) is 22.4 Å². The molecule has 1 saturated heterocycles. The van der Waals surface area contributed by atoms with Crippen molar-refractivity contribution >= 4 is 33.7 Å². The average molecular weight is 567 g/mol. The molecule has 206 valence electrons. The van der Waals surface area contributed by atoms with Crippen molar-refractivity contribution in [2.45, 2.75) is 44.0 Å². The molecule has 4 heterocycles. The van der Waals surface area contributed by atoms with E-state index in [-0.39, 0.29) is 17.9 Å². The highest BCUT2D eigenvalue weighted by Crippen LogP contribution is 2.37. The summed E-state index contributed by atoms with van der Waals surface area (Å²) in [5.74, 6) is -0.215. The number of thiazole rings is 1. The van der Waals surface area contributed by atoms with Gasteiger partial charge in [-0.2, -0.15) is 13.2 Å². The molecule has 0 radical (unpaired) electrons. The Hall–Kier alpha value is -3.99. The van der Waals surface area contributed by atoms with E-state index in [1.54, 1.807) is 16.2 Å². The molecule has 1 fully saturated rings. The zero-order valence-electron chi connectivity index (χ0n) is 21.3. The molecule has 2 aromatic carbocycles. The third-order valence-corrected chi connectivity index (χ3v) is 8.68. The quantitative estimate of drug-likeness (QED) is 0.308. The first kappa shape index (κ1) is 26.2. The highest BCUT2D eigenvalue weighted by Gasteiger charge is 2.35. The summed E-state index contributed by atoms with van der Waals surface area (Å²) in [6, 6.07) is 16.2. The van der Waals surface area contributed by atoms with Gasteiger partial charge in [0.1, 0.15) is 17.8 Å². The van der Waals surface area contributed by atoms with E-state index in [2.05, 4.69) is 34.4 Å². The maximum absolute atomic E-state index is 13.1. The smallest absolute Gasteiger partial charge is 0.387 e. The SMILES string of the molecule is O=C(Cn1cccc(C(F)(F)F)c1=O)N1CCC(c2ncc(C3=NOC(c4cccc5ccccc45)C3)s2)CC1. The van der Waals surface area contributed by atoms with E-state index in [9.17, 15) is 22.8 Å². The van der Waals surface area contributed by atoms with Gasteiger partial charge in [-0.15, -0.1) is 11.3 Å². The summed E-state index contributed by atoms with van der Waals surface area (Å²) >= 11 is 1.58. The van der Waals surface area contributed by atoms with Crippen LogP contribution in [0.1, 0.15) is 52.3 Å². The maximum atomic E-state index is 13.1. The number of aromatic nitrogens is 2. The van der Waals surface area contributed by atoms with Crippen molar-refractivity contribution < 1.29 is 22.8 Å². The lowest BCUT2D eigenvalue weighted by atomic mass is 9.97. The van der Waals surface area contributed by atoms with Gasteiger partial charge in [-0.05, 0) is 35.7 Å². The molecule has 1 atom stereocenters. The molecule has 6 rings (SSSR count). The Kier molecular flexibility index (Phi) is 6.91. The number of hydrogen-bond acceptors (Lipinski definition) is 6. The van der Waals surface area contributed by atoms with E-state index in [0.29, 0.717) is 32.4 Å². The highest BCUT2D eigenvalue weighted by atomic mass is 32.1. The van der Waals surface area contributed by atoms with Gasteiger partial charge >= 0.3 is 6.18 Å². The van der Waals surface area contributed by atoms with Crippen LogP contribution >= 0.6 is 11.3 Å². The Morgan fingerprint density at radius 2 is 1.82 bits per heavy atom. The normalized spacial score (nSPS) is 18.1. The molecule has 2 aromatic heterocycles. The number of halogens is 3. The second-order valence-corrected chi connectivity index (χ2v) is 11.0. The van der Waals surface area contributed by atoms with Gasteiger partial charge in [0.25, 0.3) is 5.56 Å². The highest BCUT2D eigenvalue weighted by molar-refractivity contribution is 7.13. The van der Waals surface area contributed by atoms with Gasteiger partial charge in [0.2, 0.25) is 5.91 Å². The first-order valence-corrected chi connectivity index (χ1v) is 13.8. The molecule has 4 aromatic rings. The third kappa shape index (κ3) is 5.13. The number of hydrogen-bond donors (Lipinski definition) is 0. The lowest BCUT2D eigenvalue weighted by molar-refractivity contribution is -0.139. The first-order valence-electron chi connectivity index (χ1n) is 13.0. The number of alkyl halides is 3. The standard InChI is InChI=1S/C29H25F3N4O3S/c30-29(31,32)22-9-4-12-36(28(22)38)17-26(37)35-13-10-19(11-14-35)27-33-16-25(40-27)23-15-24(39-34-23)21-8-3-6-18-5-1-2-7-20(18)21/h1-9,12,16,19,24H,10-11,13-15,17H2. The van der Waals surface area contributed by atoms with Gasteiger partial charge in [-0.3, -0.25) is 9.59 Å². The molecule has 0 aliphatic carbocycles. The number of likely N-dealkylation sites (tertiary alicyclic amines) is 1. The molecular formula is C29H25F3N4O3S. The van der Waals surface area contributed by atoms with E-state index < -0.39 is 23.8 Å². The topological polar surface area (TPSA) is 76.8 Å². The fourth-order valence-corrected chi connectivity index (χ4v) is 6.41. The number of carbonyl (C=O) groups excluding carboxylic acids is 1. The summed E-state index contributed by atoms with van der Waals surface area (Å²) in [6.07, 6.45) is 0.115. The van der Waals surface area contributed by atoms with Crippen molar-refractivity contribution in [2.75, 3.05) is 13.1 Å². The fraction of sp³-hybridized carbons (Fsp3) is 0.310. The fourth-order valence-electron chi connectivity index (χ4n) is 5.33. The number of benzene rings is 2. The molecule has 1 unspecified atom stereocenters. The van der Waals surface area contributed by atoms with Crippen LogP contribution in [0, 0.1) is 0 Å². The number of rotatable bonds is 5. The van der Waals surface area contributed by atoms with E-state index in [1.807, 2.05) is 24.4 Å². The summed E-state index contributed by atoms with van der Waals surface area (Å²) in [5.41, 5.74) is -0.524. The summed E-state index contributed by atoms with van der Waals surface area (Å²) in [4.78, 5) is 38.0. The number of carbonyl (C=O) groups is 1. The second-order valence-electron chi connectivity index (χ2n) is 9.98. The van der Waals surface area contributed by atoms with Crippen LogP contribution in [0.15, 0.2) is 76.9 Å². The van der Waals surface area contributed by atoms with Crippen LogP contribution in [0.5, 0.6) is 0 Å². The molecule has 0 N–H and O–H groups in total. The minimum atomic E-state index is -4.76. The number of nitrogens with zero attached hydrogens (tertiary/aromatic N) is 4. The van der Waals surface area contributed by atoms with Gasteiger partial charge in [0.05, 0.1) is 9.88 Å². The summed E-state index contributed by atoms with van der Waals surface area (Å²) in [5, 5.41) is 7.64. The van der Waals surface area contributed by atoms with Crippen molar-refractivity contribution in [2.24, 2.45) is 5.16 Å². The zero-order chi connectivity index (χ0) is 27.9.